The molecule has 2 rings (SSSR count). The summed E-state index contributed by atoms with van der Waals surface area (Å²) in [6.07, 6.45) is 0. The molecule has 0 saturated carbocycles. The van der Waals surface area contributed by atoms with Gasteiger partial charge in [0.05, 0.1) is 5.69 Å². The Balaban J connectivity index is 2.00. The number of hydrogen-bond donors (Lipinski definition) is 2. The molecule has 1 aromatic rings. The third-order valence-electron chi connectivity index (χ3n) is 3.35. The standard InChI is InChI=1S/C16H23N3O3/c1-16(2,10-19(3)4)9-17-15(21)11-5-6-12-13(7-11)22-8-14(20)18-12/h5-7H,8-10H2,1-4H3,(H,17,21)(H,18,20). The summed E-state index contributed by atoms with van der Waals surface area (Å²) in [5.74, 6) is 0.199. The van der Waals surface area contributed by atoms with E-state index in [4.69, 9.17) is 4.74 Å². The number of ether oxygens (including phenoxy) is 1. The van der Waals surface area contributed by atoms with Gasteiger partial charge in [0, 0.05) is 18.7 Å². The van der Waals surface area contributed by atoms with Crippen LogP contribution in [0.5, 0.6) is 5.75 Å². The van der Waals surface area contributed by atoms with Crippen molar-refractivity contribution in [1.82, 2.24) is 10.2 Å². The van der Waals surface area contributed by atoms with Crippen LogP contribution < -0.4 is 15.4 Å². The van der Waals surface area contributed by atoms with E-state index in [1.54, 1.807) is 18.2 Å². The number of amides is 2. The van der Waals surface area contributed by atoms with Crippen LogP contribution in [0.15, 0.2) is 18.2 Å². The van der Waals surface area contributed by atoms with E-state index in [0.717, 1.165) is 6.54 Å². The molecule has 1 aliphatic rings. The van der Waals surface area contributed by atoms with Gasteiger partial charge >= 0.3 is 0 Å². The zero-order chi connectivity index (χ0) is 16.3. The predicted octanol–water partition coefficient (Wildman–Crippen LogP) is 1.34. The number of nitrogens with zero attached hydrogens (tertiary/aromatic N) is 1. The van der Waals surface area contributed by atoms with Crippen LogP contribution in [0.4, 0.5) is 5.69 Å². The zero-order valence-corrected chi connectivity index (χ0v) is 13.5. The van der Waals surface area contributed by atoms with E-state index in [-0.39, 0.29) is 23.8 Å². The van der Waals surface area contributed by atoms with Crippen LogP contribution in [0.3, 0.4) is 0 Å². The molecule has 2 N–H and O–H groups in total. The monoisotopic (exact) mass is 305 g/mol. The van der Waals surface area contributed by atoms with Crippen LogP contribution in [0.2, 0.25) is 0 Å². The Morgan fingerprint density at radius 2 is 2.14 bits per heavy atom. The van der Waals surface area contributed by atoms with Gasteiger partial charge in [0.15, 0.2) is 6.61 Å². The minimum Gasteiger partial charge on any atom is -0.482 e. The van der Waals surface area contributed by atoms with E-state index in [1.807, 2.05) is 14.1 Å². The van der Waals surface area contributed by atoms with E-state index < -0.39 is 0 Å². The maximum absolute atomic E-state index is 12.3. The fourth-order valence-electron chi connectivity index (χ4n) is 2.55. The lowest BCUT2D eigenvalue weighted by atomic mass is 9.93. The van der Waals surface area contributed by atoms with E-state index in [1.165, 1.54) is 0 Å². The van der Waals surface area contributed by atoms with Crippen LogP contribution in [0.1, 0.15) is 24.2 Å². The van der Waals surface area contributed by atoms with Gasteiger partial charge in [-0.3, -0.25) is 9.59 Å². The van der Waals surface area contributed by atoms with Gasteiger partial charge in [0.25, 0.3) is 11.8 Å². The Morgan fingerprint density at radius 1 is 1.41 bits per heavy atom. The Morgan fingerprint density at radius 3 is 2.82 bits per heavy atom. The second kappa shape index (κ2) is 6.36. The van der Waals surface area contributed by atoms with E-state index >= 15 is 0 Å². The maximum Gasteiger partial charge on any atom is 0.262 e. The zero-order valence-electron chi connectivity index (χ0n) is 13.5. The van der Waals surface area contributed by atoms with Gasteiger partial charge in [0.1, 0.15) is 5.75 Å². The molecule has 120 valence electrons. The summed E-state index contributed by atoms with van der Waals surface area (Å²) in [6.45, 7) is 5.66. The van der Waals surface area contributed by atoms with Crippen LogP contribution >= 0.6 is 0 Å². The Kier molecular flexibility index (Phi) is 4.71. The number of carbonyl (C=O) groups excluding carboxylic acids is 2. The van der Waals surface area contributed by atoms with Gasteiger partial charge in [-0.2, -0.15) is 0 Å². The lowest BCUT2D eigenvalue weighted by Crippen LogP contribution is -2.40. The van der Waals surface area contributed by atoms with Crippen LogP contribution in [-0.2, 0) is 4.79 Å². The first-order valence-electron chi connectivity index (χ1n) is 7.26. The van der Waals surface area contributed by atoms with Crippen molar-refractivity contribution in [2.75, 3.05) is 39.1 Å². The highest BCUT2D eigenvalue weighted by Gasteiger charge is 2.21. The summed E-state index contributed by atoms with van der Waals surface area (Å²) >= 11 is 0. The topological polar surface area (TPSA) is 70.7 Å². The van der Waals surface area contributed by atoms with E-state index in [9.17, 15) is 9.59 Å². The van der Waals surface area contributed by atoms with Crippen molar-refractivity contribution in [3.05, 3.63) is 23.8 Å². The largest absolute Gasteiger partial charge is 0.482 e. The van der Waals surface area contributed by atoms with Crippen molar-refractivity contribution < 1.29 is 14.3 Å². The van der Waals surface area contributed by atoms with Gasteiger partial charge in [-0.1, -0.05) is 13.8 Å². The minimum atomic E-state index is -0.185. The lowest BCUT2D eigenvalue weighted by Gasteiger charge is -2.28. The lowest BCUT2D eigenvalue weighted by molar-refractivity contribution is -0.118. The summed E-state index contributed by atoms with van der Waals surface area (Å²) < 4.78 is 5.33. The average Bonchev–Trinajstić information content (AvgIpc) is 2.43. The molecule has 2 amide bonds. The van der Waals surface area contributed by atoms with Crippen molar-refractivity contribution >= 4 is 17.5 Å². The third-order valence-corrected chi connectivity index (χ3v) is 3.35. The Bertz CT molecular complexity index is 582. The van der Waals surface area contributed by atoms with Crippen molar-refractivity contribution in [2.45, 2.75) is 13.8 Å². The average molecular weight is 305 g/mol. The van der Waals surface area contributed by atoms with Gasteiger partial charge in [-0.05, 0) is 37.7 Å². The molecule has 0 bridgehead atoms. The molecule has 1 heterocycles. The normalized spacial score (nSPS) is 14.1. The molecule has 0 fully saturated rings. The molecule has 0 atom stereocenters. The molecule has 1 aliphatic heterocycles. The summed E-state index contributed by atoms with van der Waals surface area (Å²) in [5, 5.41) is 5.65. The first-order chi connectivity index (χ1) is 10.3. The fraction of sp³-hybridized carbons (Fsp3) is 0.500. The second-order valence-electron chi connectivity index (χ2n) is 6.63. The number of nitrogens with one attached hydrogen (secondary N) is 2. The molecule has 0 unspecified atom stereocenters. The second-order valence-corrected chi connectivity index (χ2v) is 6.63. The van der Waals surface area contributed by atoms with Gasteiger partial charge < -0.3 is 20.3 Å². The summed E-state index contributed by atoms with van der Waals surface area (Å²) in [4.78, 5) is 25.6. The molecule has 0 radical (unpaired) electrons. The van der Waals surface area contributed by atoms with E-state index in [2.05, 4.69) is 29.4 Å². The molecule has 1 aromatic carbocycles. The third kappa shape index (κ3) is 4.21. The minimum absolute atomic E-state index is 0.0160. The molecule has 0 saturated heterocycles. The van der Waals surface area contributed by atoms with Crippen molar-refractivity contribution in [3.8, 4) is 5.75 Å². The van der Waals surface area contributed by atoms with Gasteiger partial charge in [-0.25, -0.2) is 0 Å². The molecule has 0 aliphatic carbocycles. The summed E-state index contributed by atoms with van der Waals surface area (Å²) in [7, 11) is 4.03. The number of hydrogen-bond acceptors (Lipinski definition) is 4. The summed E-state index contributed by atoms with van der Waals surface area (Å²) in [5.41, 5.74) is 1.11. The van der Waals surface area contributed by atoms with Gasteiger partial charge in [-0.15, -0.1) is 0 Å². The predicted molar refractivity (Wildman–Crippen MR) is 85.2 cm³/mol. The molecule has 0 spiro atoms. The molecule has 0 aromatic heterocycles. The highest BCUT2D eigenvalue weighted by Crippen LogP contribution is 2.28. The van der Waals surface area contributed by atoms with Crippen molar-refractivity contribution in [1.29, 1.82) is 0 Å². The Hall–Kier alpha value is -2.08. The quantitative estimate of drug-likeness (QED) is 0.861. The van der Waals surface area contributed by atoms with Crippen molar-refractivity contribution in [2.24, 2.45) is 5.41 Å². The van der Waals surface area contributed by atoms with Crippen molar-refractivity contribution in [3.63, 3.8) is 0 Å². The van der Waals surface area contributed by atoms with Crippen LogP contribution in [0.25, 0.3) is 0 Å². The fourth-order valence-corrected chi connectivity index (χ4v) is 2.55. The molecular formula is C16H23N3O3. The first-order valence-corrected chi connectivity index (χ1v) is 7.26. The number of anilines is 1. The van der Waals surface area contributed by atoms with Crippen LogP contribution in [0, 0.1) is 5.41 Å². The smallest absolute Gasteiger partial charge is 0.262 e. The maximum atomic E-state index is 12.3. The molecule has 6 nitrogen and oxygen atoms in total. The molecule has 22 heavy (non-hydrogen) atoms. The molecule has 6 heteroatoms. The highest BCUT2D eigenvalue weighted by molar-refractivity contribution is 5.98. The van der Waals surface area contributed by atoms with E-state index in [0.29, 0.717) is 23.5 Å². The Labute approximate surface area is 130 Å². The number of fused-ring (bicyclic) bond motifs is 1. The number of rotatable bonds is 5. The number of benzene rings is 1. The first kappa shape index (κ1) is 16.3. The molecular weight excluding hydrogens is 282 g/mol. The number of carbonyl (C=O) groups is 2. The SMILES string of the molecule is CN(C)CC(C)(C)CNC(=O)c1ccc2c(c1)OCC(=O)N2. The highest BCUT2D eigenvalue weighted by atomic mass is 16.5. The summed E-state index contributed by atoms with van der Waals surface area (Å²) in [6, 6.07) is 5.03. The van der Waals surface area contributed by atoms with Gasteiger partial charge in [0.2, 0.25) is 0 Å². The van der Waals surface area contributed by atoms with Crippen LogP contribution in [-0.4, -0.2) is 50.5 Å².